The maximum Gasteiger partial charge on any atom is 0.416 e. The zero-order valence-corrected chi connectivity index (χ0v) is 15.0. The number of alkyl halides is 3. The van der Waals surface area contributed by atoms with Crippen LogP contribution in [0.1, 0.15) is 16.8 Å². The van der Waals surface area contributed by atoms with Crippen LogP contribution in [-0.4, -0.2) is 32.1 Å². The monoisotopic (exact) mass is 371 g/mol. The lowest BCUT2D eigenvalue weighted by atomic mass is 10.1. The van der Waals surface area contributed by atoms with Crippen LogP contribution in [0.2, 0.25) is 0 Å². The molecule has 2 aromatic rings. The van der Waals surface area contributed by atoms with Crippen LogP contribution in [-0.2, 0) is 19.3 Å². The van der Waals surface area contributed by atoms with Crippen LogP contribution in [0.25, 0.3) is 0 Å². The molecule has 0 amide bonds. The van der Waals surface area contributed by atoms with Crippen LogP contribution < -0.4 is 15.5 Å². The van der Waals surface area contributed by atoms with Gasteiger partial charge in [-0.3, -0.25) is 4.99 Å². The summed E-state index contributed by atoms with van der Waals surface area (Å²) in [4.78, 5) is 10.5. The molecule has 2 rings (SSSR count). The largest absolute Gasteiger partial charge is 0.416 e. The summed E-state index contributed by atoms with van der Waals surface area (Å²) in [6, 6.07) is 5.05. The number of rotatable bonds is 5. The number of benzene rings is 1. The lowest BCUT2D eigenvalue weighted by Gasteiger charge is -2.12. The molecule has 9 heteroatoms. The average Bonchev–Trinajstić information content (AvgIpc) is 3.04. The molecule has 0 radical (unpaired) electrons. The maximum absolute atomic E-state index is 12.5. The number of guanidine groups is 1. The highest BCUT2D eigenvalue weighted by atomic mass is 32.1. The fourth-order valence-electron chi connectivity index (χ4n) is 1.98. The van der Waals surface area contributed by atoms with Crippen LogP contribution >= 0.6 is 11.3 Å². The molecule has 0 fully saturated rings. The van der Waals surface area contributed by atoms with Crippen LogP contribution in [0.4, 0.5) is 18.3 Å². The van der Waals surface area contributed by atoms with E-state index in [9.17, 15) is 13.2 Å². The molecule has 25 heavy (non-hydrogen) atoms. The van der Waals surface area contributed by atoms with Crippen LogP contribution in [0, 0.1) is 0 Å². The molecule has 0 saturated heterocycles. The molecule has 5 nitrogen and oxygen atoms in total. The molecule has 0 unspecified atom stereocenters. The Morgan fingerprint density at radius 3 is 2.32 bits per heavy atom. The van der Waals surface area contributed by atoms with E-state index in [0.29, 0.717) is 19.0 Å². The Kier molecular flexibility index (Phi) is 6.24. The number of anilines is 1. The molecule has 0 spiro atoms. The predicted molar refractivity (Wildman–Crippen MR) is 94.9 cm³/mol. The van der Waals surface area contributed by atoms with E-state index < -0.39 is 11.7 Å². The van der Waals surface area contributed by atoms with E-state index in [1.54, 1.807) is 18.4 Å². The molecule has 0 aliphatic heterocycles. The van der Waals surface area contributed by atoms with Crippen molar-refractivity contribution in [1.82, 2.24) is 15.6 Å². The number of aliphatic imine (C=N–C) groups is 1. The van der Waals surface area contributed by atoms with E-state index in [2.05, 4.69) is 20.6 Å². The molecule has 1 aromatic heterocycles. The summed E-state index contributed by atoms with van der Waals surface area (Å²) in [5.41, 5.74) is 0.977. The Balaban J connectivity index is 1.85. The van der Waals surface area contributed by atoms with Crippen molar-refractivity contribution in [2.75, 3.05) is 26.0 Å². The van der Waals surface area contributed by atoms with Crippen molar-refractivity contribution >= 4 is 22.4 Å². The van der Waals surface area contributed by atoms with Crippen molar-refractivity contribution in [2.24, 2.45) is 4.99 Å². The minimum atomic E-state index is -4.32. The first-order valence-corrected chi connectivity index (χ1v) is 8.40. The summed E-state index contributed by atoms with van der Waals surface area (Å²) in [7, 11) is 5.50. The van der Waals surface area contributed by atoms with Gasteiger partial charge >= 0.3 is 6.18 Å². The number of hydrogen-bond acceptors (Lipinski definition) is 4. The zero-order valence-electron chi connectivity index (χ0n) is 14.2. The molecule has 0 bridgehead atoms. The molecule has 0 aliphatic carbocycles. The minimum absolute atomic E-state index is 0.373. The van der Waals surface area contributed by atoms with Crippen molar-refractivity contribution in [3.8, 4) is 0 Å². The summed E-state index contributed by atoms with van der Waals surface area (Å²) in [5.74, 6) is 0.555. The lowest BCUT2D eigenvalue weighted by molar-refractivity contribution is -0.137. The summed E-state index contributed by atoms with van der Waals surface area (Å²) < 4.78 is 37.6. The normalized spacial score (nSPS) is 12.2. The van der Waals surface area contributed by atoms with Gasteiger partial charge in [0.1, 0.15) is 0 Å². The number of nitrogens with zero attached hydrogens (tertiary/aromatic N) is 3. The van der Waals surface area contributed by atoms with Gasteiger partial charge < -0.3 is 15.5 Å². The van der Waals surface area contributed by atoms with Gasteiger partial charge in [-0.05, 0) is 17.7 Å². The molecule has 0 atom stereocenters. The highest BCUT2D eigenvalue weighted by Crippen LogP contribution is 2.29. The van der Waals surface area contributed by atoms with E-state index in [1.807, 2.05) is 24.4 Å². The van der Waals surface area contributed by atoms with Gasteiger partial charge in [0.25, 0.3) is 0 Å². The molecule has 136 valence electrons. The van der Waals surface area contributed by atoms with E-state index in [1.165, 1.54) is 12.1 Å². The first-order valence-electron chi connectivity index (χ1n) is 7.52. The van der Waals surface area contributed by atoms with Gasteiger partial charge in [0.2, 0.25) is 0 Å². The van der Waals surface area contributed by atoms with Gasteiger partial charge in [0, 0.05) is 33.1 Å². The SMILES string of the molecule is CN=C(NCc1ccc(C(F)(F)F)cc1)NCc1csc(N(C)C)n1. The highest BCUT2D eigenvalue weighted by molar-refractivity contribution is 7.13. The van der Waals surface area contributed by atoms with Crippen molar-refractivity contribution in [3.63, 3.8) is 0 Å². The highest BCUT2D eigenvalue weighted by Gasteiger charge is 2.29. The second-order valence-corrected chi connectivity index (χ2v) is 6.33. The van der Waals surface area contributed by atoms with Gasteiger partial charge in [0.15, 0.2) is 11.1 Å². The fraction of sp³-hybridized carbons (Fsp3) is 0.375. The standard InChI is InChI=1S/C16H20F3N5S/c1-20-14(22-9-13-10-25-15(23-13)24(2)3)21-8-11-4-6-12(7-5-11)16(17,18)19/h4-7,10H,8-9H2,1-3H3,(H2,20,21,22). The van der Waals surface area contributed by atoms with E-state index in [-0.39, 0.29) is 0 Å². The quantitative estimate of drug-likeness (QED) is 0.627. The minimum Gasteiger partial charge on any atom is -0.354 e. The fourth-order valence-corrected chi connectivity index (χ4v) is 2.73. The van der Waals surface area contributed by atoms with Crippen LogP contribution in [0.5, 0.6) is 0 Å². The third-order valence-corrected chi connectivity index (χ3v) is 4.38. The molecular formula is C16H20F3N5S. The van der Waals surface area contributed by atoms with Gasteiger partial charge in [-0.25, -0.2) is 4.98 Å². The zero-order chi connectivity index (χ0) is 18.4. The molecule has 1 aromatic carbocycles. The second-order valence-electron chi connectivity index (χ2n) is 5.49. The molecule has 1 heterocycles. The molecular weight excluding hydrogens is 351 g/mol. The van der Waals surface area contributed by atoms with Gasteiger partial charge in [0.05, 0.1) is 17.8 Å². The predicted octanol–water partition coefficient (Wildman–Crippen LogP) is 3.09. The Morgan fingerprint density at radius 2 is 1.80 bits per heavy atom. The van der Waals surface area contributed by atoms with Gasteiger partial charge in [-0.15, -0.1) is 11.3 Å². The summed E-state index contributed by atoms with van der Waals surface area (Å²) in [5, 5.41) is 9.08. The first kappa shape index (κ1) is 19.0. The summed E-state index contributed by atoms with van der Waals surface area (Å²) >= 11 is 1.55. The Hall–Kier alpha value is -2.29. The van der Waals surface area contributed by atoms with Crippen LogP contribution in [0.15, 0.2) is 34.6 Å². The van der Waals surface area contributed by atoms with E-state index in [4.69, 9.17) is 0 Å². The Morgan fingerprint density at radius 1 is 1.16 bits per heavy atom. The van der Waals surface area contributed by atoms with E-state index in [0.717, 1.165) is 28.5 Å². The van der Waals surface area contributed by atoms with Crippen LogP contribution in [0.3, 0.4) is 0 Å². The van der Waals surface area contributed by atoms with Crippen molar-refractivity contribution in [3.05, 3.63) is 46.5 Å². The third kappa shape index (κ3) is 5.63. The van der Waals surface area contributed by atoms with Crippen molar-refractivity contribution in [1.29, 1.82) is 0 Å². The average molecular weight is 371 g/mol. The van der Waals surface area contributed by atoms with Crippen molar-refractivity contribution in [2.45, 2.75) is 19.3 Å². The van der Waals surface area contributed by atoms with E-state index >= 15 is 0 Å². The molecule has 0 saturated carbocycles. The Labute approximate surface area is 148 Å². The topological polar surface area (TPSA) is 52.6 Å². The van der Waals surface area contributed by atoms with Crippen molar-refractivity contribution < 1.29 is 13.2 Å². The first-order chi connectivity index (χ1) is 11.8. The number of hydrogen-bond donors (Lipinski definition) is 2. The second kappa shape index (κ2) is 8.19. The molecule has 0 aliphatic rings. The number of aromatic nitrogens is 1. The summed E-state index contributed by atoms with van der Waals surface area (Å²) in [6.07, 6.45) is -4.32. The van der Waals surface area contributed by atoms with Gasteiger partial charge in [-0.1, -0.05) is 12.1 Å². The van der Waals surface area contributed by atoms with Gasteiger partial charge in [-0.2, -0.15) is 13.2 Å². The number of nitrogens with one attached hydrogen (secondary N) is 2. The Bertz CT molecular complexity index is 707. The third-order valence-electron chi connectivity index (χ3n) is 3.32. The smallest absolute Gasteiger partial charge is 0.354 e. The maximum atomic E-state index is 12.5. The lowest BCUT2D eigenvalue weighted by Crippen LogP contribution is -2.36. The number of thiazole rings is 1. The number of halogens is 3. The molecule has 2 N–H and O–H groups in total. The summed E-state index contributed by atoms with van der Waals surface area (Å²) in [6.45, 7) is 0.884.